The molecular weight excluding hydrogens is 278 g/mol. The number of nitrogens with zero attached hydrogens (tertiary/aromatic N) is 1. The molecule has 0 saturated carbocycles. The summed E-state index contributed by atoms with van der Waals surface area (Å²) in [5.41, 5.74) is 3.60. The summed E-state index contributed by atoms with van der Waals surface area (Å²) < 4.78 is 0. The van der Waals surface area contributed by atoms with E-state index >= 15 is 0 Å². The number of para-hydroxylation sites is 1. The first-order valence-electron chi connectivity index (χ1n) is 7.28. The summed E-state index contributed by atoms with van der Waals surface area (Å²) >= 11 is 1.63. The molecule has 0 spiro atoms. The number of carbonyl (C=O) groups excluding carboxylic acids is 1. The molecule has 1 aliphatic rings. The van der Waals surface area contributed by atoms with Crippen LogP contribution in [0.2, 0.25) is 0 Å². The van der Waals surface area contributed by atoms with Crippen LogP contribution in [0.5, 0.6) is 0 Å². The van der Waals surface area contributed by atoms with Crippen molar-refractivity contribution in [1.29, 1.82) is 0 Å². The molecule has 2 aromatic carbocycles. The van der Waals surface area contributed by atoms with Crippen molar-refractivity contribution in [3.05, 3.63) is 59.7 Å². The predicted octanol–water partition coefficient (Wildman–Crippen LogP) is 4.06. The number of thioether (sulfide) groups is 1. The summed E-state index contributed by atoms with van der Waals surface area (Å²) in [6.07, 6.45) is 0.962. The zero-order valence-electron chi connectivity index (χ0n) is 12.4. The highest BCUT2D eigenvalue weighted by atomic mass is 32.2. The standard InChI is InChI=1S/C18H19NOS/c1-13-7-9-16(10-8-13)21-14(2)18(20)19-12-11-15-5-3-4-6-17(15)19/h3-10,14H,11-12H2,1-2H3/t14-/m1/s1. The summed E-state index contributed by atoms with van der Waals surface area (Å²) in [6.45, 7) is 4.87. The van der Waals surface area contributed by atoms with Crippen LogP contribution in [0.1, 0.15) is 18.1 Å². The Morgan fingerprint density at radius 3 is 2.62 bits per heavy atom. The Hall–Kier alpha value is -1.74. The van der Waals surface area contributed by atoms with Crippen LogP contribution < -0.4 is 4.90 Å². The van der Waals surface area contributed by atoms with E-state index in [-0.39, 0.29) is 11.2 Å². The molecule has 1 aliphatic heterocycles. The number of amides is 1. The van der Waals surface area contributed by atoms with E-state index in [0.29, 0.717) is 0 Å². The van der Waals surface area contributed by atoms with Crippen molar-refractivity contribution in [3.8, 4) is 0 Å². The number of hydrogen-bond acceptors (Lipinski definition) is 2. The fraction of sp³-hybridized carbons (Fsp3) is 0.278. The molecule has 0 aliphatic carbocycles. The normalized spacial score (nSPS) is 14.9. The van der Waals surface area contributed by atoms with E-state index in [0.717, 1.165) is 23.5 Å². The van der Waals surface area contributed by atoms with Gasteiger partial charge in [-0.15, -0.1) is 11.8 Å². The van der Waals surface area contributed by atoms with Gasteiger partial charge in [0.05, 0.1) is 5.25 Å². The minimum Gasteiger partial charge on any atom is -0.311 e. The maximum Gasteiger partial charge on any atom is 0.240 e. The summed E-state index contributed by atoms with van der Waals surface area (Å²) in [5.74, 6) is 0.200. The van der Waals surface area contributed by atoms with Crippen LogP contribution in [-0.4, -0.2) is 17.7 Å². The van der Waals surface area contributed by atoms with Crippen LogP contribution in [0.15, 0.2) is 53.4 Å². The molecule has 0 fully saturated rings. The van der Waals surface area contributed by atoms with E-state index in [2.05, 4.69) is 37.3 Å². The van der Waals surface area contributed by atoms with Gasteiger partial charge in [0.1, 0.15) is 0 Å². The highest BCUT2D eigenvalue weighted by Gasteiger charge is 2.28. The topological polar surface area (TPSA) is 20.3 Å². The van der Waals surface area contributed by atoms with Gasteiger partial charge in [-0.05, 0) is 44.0 Å². The summed E-state index contributed by atoms with van der Waals surface area (Å²) in [6, 6.07) is 16.5. The average Bonchev–Trinajstić information content (AvgIpc) is 2.92. The third kappa shape index (κ3) is 2.98. The second-order valence-corrected chi connectivity index (χ2v) is 6.86. The molecule has 0 saturated heterocycles. The van der Waals surface area contributed by atoms with Gasteiger partial charge in [-0.25, -0.2) is 0 Å². The molecule has 108 valence electrons. The van der Waals surface area contributed by atoms with Gasteiger partial charge in [-0.1, -0.05) is 35.9 Å². The number of anilines is 1. The summed E-state index contributed by atoms with van der Waals surface area (Å²) in [7, 11) is 0. The quantitative estimate of drug-likeness (QED) is 0.796. The minimum atomic E-state index is -0.0705. The van der Waals surface area contributed by atoms with Gasteiger partial charge in [0.2, 0.25) is 5.91 Å². The smallest absolute Gasteiger partial charge is 0.240 e. The Bertz CT molecular complexity index is 651. The number of fused-ring (bicyclic) bond motifs is 1. The number of benzene rings is 2. The van der Waals surface area contributed by atoms with Crippen molar-refractivity contribution in [2.45, 2.75) is 30.4 Å². The third-order valence-electron chi connectivity index (χ3n) is 3.83. The van der Waals surface area contributed by atoms with Crippen LogP contribution >= 0.6 is 11.8 Å². The molecule has 0 radical (unpaired) electrons. The van der Waals surface area contributed by atoms with Crippen LogP contribution in [0.25, 0.3) is 0 Å². The highest BCUT2D eigenvalue weighted by molar-refractivity contribution is 8.00. The van der Waals surface area contributed by atoms with E-state index in [9.17, 15) is 4.79 Å². The second-order valence-electron chi connectivity index (χ2n) is 5.44. The maximum absolute atomic E-state index is 12.7. The van der Waals surface area contributed by atoms with Crippen molar-refractivity contribution in [2.24, 2.45) is 0 Å². The van der Waals surface area contributed by atoms with Crippen LogP contribution in [0.4, 0.5) is 5.69 Å². The van der Waals surface area contributed by atoms with Gasteiger partial charge in [0.25, 0.3) is 0 Å². The van der Waals surface area contributed by atoms with Gasteiger partial charge < -0.3 is 4.90 Å². The Morgan fingerprint density at radius 1 is 1.14 bits per heavy atom. The minimum absolute atomic E-state index is 0.0705. The van der Waals surface area contributed by atoms with Crippen molar-refractivity contribution in [1.82, 2.24) is 0 Å². The SMILES string of the molecule is Cc1ccc(S[C@H](C)C(=O)N2CCc3ccccc32)cc1. The molecule has 2 aromatic rings. The van der Waals surface area contributed by atoms with Crippen molar-refractivity contribution < 1.29 is 4.79 Å². The summed E-state index contributed by atoms with van der Waals surface area (Å²) in [5, 5.41) is -0.0705. The van der Waals surface area contributed by atoms with Gasteiger partial charge >= 0.3 is 0 Å². The Kier molecular flexibility index (Phi) is 4.02. The molecule has 1 heterocycles. The summed E-state index contributed by atoms with van der Waals surface area (Å²) in [4.78, 5) is 15.8. The molecule has 3 rings (SSSR count). The lowest BCUT2D eigenvalue weighted by atomic mass is 10.2. The Labute approximate surface area is 130 Å². The zero-order valence-corrected chi connectivity index (χ0v) is 13.2. The Balaban J connectivity index is 1.72. The zero-order chi connectivity index (χ0) is 14.8. The van der Waals surface area contributed by atoms with Crippen molar-refractivity contribution in [2.75, 3.05) is 11.4 Å². The molecule has 2 nitrogen and oxygen atoms in total. The molecule has 0 unspecified atom stereocenters. The molecule has 1 atom stereocenters. The van der Waals surface area contributed by atoms with E-state index in [4.69, 9.17) is 0 Å². The van der Waals surface area contributed by atoms with Crippen LogP contribution in [0.3, 0.4) is 0 Å². The van der Waals surface area contributed by atoms with Crippen molar-refractivity contribution in [3.63, 3.8) is 0 Å². The maximum atomic E-state index is 12.7. The lowest BCUT2D eigenvalue weighted by molar-refractivity contribution is -0.117. The third-order valence-corrected chi connectivity index (χ3v) is 4.93. The molecule has 0 N–H and O–H groups in total. The fourth-order valence-corrected chi connectivity index (χ4v) is 3.59. The first-order chi connectivity index (χ1) is 10.1. The molecule has 21 heavy (non-hydrogen) atoms. The van der Waals surface area contributed by atoms with E-state index in [1.807, 2.05) is 30.0 Å². The fourth-order valence-electron chi connectivity index (χ4n) is 2.66. The number of carbonyl (C=O) groups is 1. The van der Waals surface area contributed by atoms with E-state index < -0.39 is 0 Å². The second kappa shape index (κ2) is 5.94. The van der Waals surface area contributed by atoms with Gasteiger partial charge in [-0.2, -0.15) is 0 Å². The number of hydrogen-bond donors (Lipinski definition) is 0. The molecular formula is C18H19NOS. The van der Waals surface area contributed by atoms with Crippen LogP contribution in [0, 0.1) is 6.92 Å². The molecule has 0 bridgehead atoms. The van der Waals surface area contributed by atoms with E-state index in [1.165, 1.54) is 11.1 Å². The molecule has 3 heteroatoms. The number of rotatable bonds is 3. The first-order valence-corrected chi connectivity index (χ1v) is 8.16. The Morgan fingerprint density at radius 2 is 1.86 bits per heavy atom. The average molecular weight is 297 g/mol. The lowest BCUT2D eigenvalue weighted by Crippen LogP contribution is -2.35. The van der Waals surface area contributed by atoms with Crippen molar-refractivity contribution >= 4 is 23.4 Å². The largest absolute Gasteiger partial charge is 0.311 e. The van der Waals surface area contributed by atoms with Gasteiger partial charge in [-0.3, -0.25) is 4.79 Å². The highest BCUT2D eigenvalue weighted by Crippen LogP contribution is 2.31. The monoisotopic (exact) mass is 297 g/mol. The molecule has 1 amide bonds. The lowest BCUT2D eigenvalue weighted by Gasteiger charge is -2.21. The van der Waals surface area contributed by atoms with Gasteiger partial charge in [0.15, 0.2) is 0 Å². The number of aryl methyl sites for hydroxylation is 1. The molecule has 0 aromatic heterocycles. The van der Waals surface area contributed by atoms with E-state index in [1.54, 1.807) is 11.8 Å². The first kappa shape index (κ1) is 14.2. The van der Waals surface area contributed by atoms with Gasteiger partial charge in [0, 0.05) is 17.1 Å². The predicted molar refractivity (Wildman–Crippen MR) is 89.0 cm³/mol. The van der Waals surface area contributed by atoms with Crippen LogP contribution in [-0.2, 0) is 11.2 Å².